The second-order valence-corrected chi connectivity index (χ2v) is 6.80. The monoisotopic (exact) mass is 348 g/mol. The molecule has 0 aliphatic heterocycles. The fraction of sp³-hybridized carbons (Fsp3) is 0.267. The molecule has 0 unspecified atom stereocenters. The molecular weight excluding hydrogens is 332 g/mol. The van der Waals surface area contributed by atoms with Gasteiger partial charge in [0.15, 0.2) is 5.69 Å². The van der Waals surface area contributed by atoms with E-state index in [0.717, 1.165) is 12.0 Å². The van der Waals surface area contributed by atoms with Crippen LogP contribution in [0.1, 0.15) is 27.0 Å². The Morgan fingerprint density at radius 3 is 3.04 bits per heavy atom. The summed E-state index contributed by atoms with van der Waals surface area (Å²) in [5, 5.41) is 26.5. The summed E-state index contributed by atoms with van der Waals surface area (Å²) in [5.74, 6) is -0.252. The highest BCUT2D eigenvalue weighted by atomic mass is 32.1. The van der Waals surface area contributed by atoms with Crippen molar-refractivity contribution in [2.24, 2.45) is 0 Å². The van der Waals surface area contributed by atoms with Crippen LogP contribution in [0.3, 0.4) is 0 Å². The molecule has 0 saturated heterocycles. The predicted octanol–water partition coefficient (Wildman–Crippen LogP) is 2.11. The average Bonchev–Trinajstić information content (AvgIpc) is 3.29. The first-order valence-corrected chi connectivity index (χ1v) is 8.95. The quantitative estimate of drug-likeness (QED) is 0.685. The third-order valence-corrected chi connectivity index (χ3v) is 4.93. The molecule has 0 aliphatic carbocycles. The highest BCUT2D eigenvalue weighted by Gasteiger charge is 2.14. The summed E-state index contributed by atoms with van der Waals surface area (Å²) < 4.78 is 1.48. The minimum atomic E-state index is -0.655. The van der Waals surface area contributed by atoms with Gasteiger partial charge in [-0.05, 0) is 40.3 Å². The zero-order chi connectivity index (χ0) is 16.1. The van der Waals surface area contributed by atoms with Crippen LogP contribution in [0.4, 0.5) is 0 Å². The minimum Gasteiger partial charge on any atom is -0.386 e. The SMILES string of the molecule is O=C(NCCc1cccs1)c1cn(C[C@@H](O)c2ccsc2)nn1. The Bertz CT molecular complexity index is 737. The van der Waals surface area contributed by atoms with Crippen molar-refractivity contribution >= 4 is 28.6 Å². The molecule has 0 aromatic carbocycles. The number of hydrogen-bond donors (Lipinski definition) is 2. The van der Waals surface area contributed by atoms with Crippen LogP contribution in [-0.4, -0.2) is 32.6 Å². The normalized spacial score (nSPS) is 12.2. The van der Waals surface area contributed by atoms with E-state index in [1.807, 2.05) is 34.3 Å². The van der Waals surface area contributed by atoms with Gasteiger partial charge in [-0.2, -0.15) is 11.3 Å². The smallest absolute Gasteiger partial charge is 0.273 e. The molecule has 0 aliphatic rings. The molecule has 120 valence electrons. The maximum atomic E-state index is 12.0. The highest BCUT2D eigenvalue weighted by molar-refractivity contribution is 7.09. The lowest BCUT2D eigenvalue weighted by Crippen LogP contribution is -2.25. The van der Waals surface area contributed by atoms with Crippen LogP contribution in [0.5, 0.6) is 0 Å². The summed E-state index contributed by atoms with van der Waals surface area (Å²) in [4.78, 5) is 13.2. The summed E-state index contributed by atoms with van der Waals surface area (Å²) in [6.45, 7) is 0.829. The number of carbonyl (C=O) groups is 1. The molecule has 0 saturated carbocycles. The number of nitrogens with one attached hydrogen (secondary N) is 1. The Labute approximate surface area is 141 Å². The van der Waals surface area contributed by atoms with Gasteiger partial charge in [0.1, 0.15) is 0 Å². The van der Waals surface area contributed by atoms with Crippen molar-refractivity contribution in [2.45, 2.75) is 19.1 Å². The molecule has 3 aromatic rings. The van der Waals surface area contributed by atoms with E-state index < -0.39 is 6.10 Å². The molecule has 0 bridgehead atoms. The van der Waals surface area contributed by atoms with Crippen LogP contribution in [0.25, 0.3) is 0 Å². The maximum absolute atomic E-state index is 12.0. The molecule has 3 aromatic heterocycles. The fourth-order valence-corrected chi connectivity index (χ4v) is 3.50. The van der Waals surface area contributed by atoms with Crippen molar-refractivity contribution in [3.63, 3.8) is 0 Å². The molecule has 3 rings (SSSR count). The van der Waals surface area contributed by atoms with Gasteiger partial charge in [-0.25, -0.2) is 4.68 Å². The van der Waals surface area contributed by atoms with Gasteiger partial charge in [0.2, 0.25) is 0 Å². The fourth-order valence-electron chi connectivity index (χ4n) is 2.08. The van der Waals surface area contributed by atoms with Gasteiger partial charge in [0, 0.05) is 11.4 Å². The number of aromatic nitrogens is 3. The largest absolute Gasteiger partial charge is 0.386 e. The molecule has 0 fully saturated rings. The number of rotatable bonds is 7. The van der Waals surface area contributed by atoms with Gasteiger partial charge in [0.05, 0.1) is 18.8 Å². The zero-order valence-corrected chi connectivity index (χ0v) is 13.9. The van der Waals surface area contributed by atoms with E-state index in [0.29, 0.717) is 6.54 Å². The lowest BCUT2D eigenvalue weighted by molar-refractivity contribution is 0.0949. The predicted molar refractivity (Wildman–Crippen MR) is 89.7 cm³/mol. The van der Waals surface area contributed by atoms with Gasteiger partial charge in [-0.3, -0.25) is 4.79 Å². The minimum absolute atomic E-state index is 0.252. The Kier molecular flexibility index (Phi) is 5.16. The number of aliphatic hydroxyl groups excluding tert-OH is 1. The molecule has 8 heteroatoms. The van der Waals surface area contributed by atoms with Crippen LogP contribution in [-0.2, 0) is 13.0 Å². The molecule has 0 radical (unpaired) electrons. The topological polar surface area (TPSA) is 80.0 Å². The average molecular weight is 348 g/mol. The lowest BCUT2D eigenvalue weighted by Gasteiger charge is -2.07. The van der Waals surface area contributed by atoms with Gasteiger partial charge >= 0.3 is 0 Å². The van der Waals surface area contributed by atoms with E-state index in [-0.39, 0.29) is 18.1 Å². The van der Waals surface area contributed by atoms with Crippen LogP contribution in [0, 0.1) is 0 Å². The molecule has 1 amide bonds. The molecule has 1 atom stereocenters. The van der Waals surface area contributed by atoms with Crippen molar-refractivity contribution in [1.29, 1.82) is 0 Å². The highest BCUT2D eigenvalue weighted by Crippen LogP contribution is 2.17. The first-order valence-electron chi connectivity index (χ1n) is 7.13. The summed E-state index contributed by atoms with van der Waals surface area (Å²) >= 11 is 3.20. The lowest BCUT2D eigenvalue weighted by atomic mass is 10.2. The number of amides is 1. The number of nitrogens with zero attached hydrogens (tertiary/aromatic N) is 3. The van der Waals surface area contributed by atoms with E-state index in [1.165, 1.54) is 20.9 Å². The second kappa shape index (κ2) is 7.49. The summed E-state index contributed by atoms with van der Waals surface area (Å²) in [6, 6.07) is 5.90. The molecule has 2 N–H and O–H groups in total. The maximum Gasteiger partial charge on any atom is 0.273 e. The molecule has 0 spiro atoms. The zero-order valence-electron chi connectivity index (χ0n) is 12.3. The van der Waals surface area contributed by atoms with E-state index in [2.05, 4.69) is 15.6 Å². The molecule has 3 heterocycles. The van der Waals surface area contributed by atoms with Crippen LogP contribution in [0.15, 0.2) is 40.5 Å². The first-order chi connectivity index (χ1) is 11.2. The van der Waals surface area contributed by atoms with Gasteiger partial charge in [0.25, 0.3) is 5.91 Å². The van der Waals surface area contributed by atoms with Gasteiger partial charge in [-0.15, -0.1) is 16.4 Å². The summed E-state index contributed by atoms with van der Waals surface area (Å²) in [6.07, 6.45) is 1.70. The van der Waals surface area contributed by atoms with Crippen molar-refractivity contribution in [3.05, 3.63) is 56.7 Å². The molecular formula is C15H16N4O2S2. The Morgan fingerprint density at radius 1 is 1.39 bits per heavy atom. The molecule has 23 heavy (non-hydrogen) atoms. The van der Waals surface area contributed by atoms with Crippen LogP contribution < -0.4 is 5.32 Å². The van der Waals surface area contributed by atoms with Crippen molar-refractivity contribution in [2.75, 3.05) is 6.54 Å². The standard InChI is InChI=1S/C15H16N4O2S2/c20-14(11-4-7-22-10-11)9-19-8-13(17-18-19)15(21)16-5-3-12-2-1-6-23-12/h1-2,4,6-8,10,14,20H,3,5,9H2,(H,16,21)/t14-/m1/s1. The van der Waals surface area contributed by atoms with Crippen molar-refractivity contribution < 1.29 is 9.90 Å². The Morgan fingerprint density at radius 2 is 2.30 bits per heavy atom. The van der Waals surface area contributed by atoms with Crippen LogP contribution >= 0.6 is 22.7 Å². The number of thiophene rings is 2. The Balaban J connectivity index is 1.50. The van der Waals surface area contributed by atoms with Crippen molar-refractivity contribution in [3.8, 4) is 0 Å². The summed E-state index contributed by atoms with van der Waals surface area (Å²) in [5.41, 5.74) is 1.10. The van der Waals surface area contributed by atoms with E-state index >= 15 is 0 Å². The number of carbonyl (C=O) groups excluding carboxylic acids is 1. The Hall–Kier alpha value is -2.03. The third-order valence-electron chi connectivity index (χ3n) is 3.30. The number of aliphatic hydroxyl groups is 1. The third kappa shape index (κ3) is 4.25. The van der Waals surface area contributed by atoms with Crippen molar-refractivity contribution in [1.82, 2.24) is 20.3 Å². The van der Waals surface area contributed by atoms with Gasteiger partial charge in [-0.1, -0.05) is 11.3 Å². The van der Waals surface area contributed by atoms with E-state index in [9.17, 15) is 9.90 Å². The first kappa shape index (κ1) is 15.9. The van der Waals surface area contributed by atoms with E-state index in [4.69, 9.17) is 0 Å². The van der Waals surface area contributed by atoms with E-state index in [1.54, 1.807) is 17.5 Å². The molecule has 6 nitrogen and oxygen atoms in total. The van der Waals surface area contributed by atoms with Gasteiger partial charge < -0.3 is 10.4 Å². The number of hydrogen-bond acceptors (Lipinski definition) is 6. The summed E-state index contributed by atoms with van der Waals surface area (Å²) in [7, 11) is 0. The second-order valence-electron chi connectivity index (χ2n) is 4.98. The van der Waals surface area contributed by atoms with Crippen LogP contribution in [0.2, 0.25) is 0 Å².